The monoisotopic (exact) mass is 509 g/mol. The number of benzene rings is 2. The van der Waals surface area contributed by atoms with E-state index < -0.39 is 29.5 Å². The van der Waals surface area contributed by atoms with Gasteiger partial charge in [0.05, 0.1) is 16.9 Å². The third-order valence-corrected chi connectivity index (χ3v) is 6.73. The zero-order valence-corrected chi connectivity index (χ0v) is 20.8. The Labute approximate surface area is 212 Å². The van der Waals surface area contributed by atoms with Crippen molar-refractivity contribution in [1.29, 1.82) is 0 Å². The number of hydrogen-bond donors (Lipinski definition) is 3. The Morgan fingerprint density at radius 2 is 1.89 bits per heavy atom. The lowest BCUT2D eigenvalue weighted by Crippen LogP contribution is -2.37. The second kappa shape index (κ2) is 9.56. The van der Waals surface area contributed by atoms with Crippen LogP contribution in [0.4, 0.5) is 25.8 Å². The lowest BCUT2D eigenvalue weighted by molar-refractivity contribution is -0.110. The van der Waals surface area contributed by atoms with Gasteiger partial charge in [0.1, 0.15) is 11.4 Å². The molecule has 194 valence electrons. The van der Waals surface area contributed by atoms with E-state index in [9.17, 15) is 18.7 Å². The molecule has 3 atom stereocenters. The van der Waals surface area contributed by atoms with Crippen molar-refractivity contribution in [2.45, 2.75) is 39.1 Å². The minimum absolute atomic E-state index is 0.0182. The first-order valence-electron chi connectivity index (χ1n) is 12.2. The molecule has 0 saturated carbocycles. The van der Waals surface area contributed by atoms with Crippen molar-refractivity contribution in [1.82, 2.24) is 9.78 Å². The summed E-state index contributed by atoms with van der Waals surface area (Å²) in [5.74, 6) is -2.16. The van der Waals surface area contributed by atoms with E-state index in [1.54, 1.807) is 6.07 Å². The number of nitrogens with two attached hydrogens (primary N) is 1. The average molecular weight is 510 g/mol. The maximum absolute atomic E-state index is 14.4. The Bertz CT molecular complexity index is 1390. The number of aliphatic hydroxyl groups excluding tert-OH is 1. The van der Waals surface area contributed by atoms with Crippen LogP contribution in [0.25, 0.3) is 10.9 Å². The number of hydrogen-bond acceptors (Lipinski definition) is 7. The molecule has 3 aromatic rings. The van der Waals surface area contributed by atoms with Gasteiger partial charge >= 0.3 is 0 Å². The van der Waals surface area contributed by atoms with Crippen LogP contribution in [0.1, 0.15) is 26.8 Å². The molecule has 0 radical (unpaired) electrons. The Balaban J connectivity index is 1.52. The lowest BCUT2D eigenvalue weighted by atomic mass is 10.1. The summed E-state index contributed by atoms with van der Waals surface area (Å²) in [6.45, 7) is 7.49. The van der Waals surface area contributed by atoms with Crippen LogP contribution in [-0.2, 0) is 4.79 Å². The standard InChI is InChI=1S/C26H29F2N7O2/c1-14(2)34-12-16-20(31-34)7-8-21(24(16)33-11-15(3)19(29)13-33)30-26(37)22-9-10-23(36)35(32-22)25-17(27)5-4-6-18(25)28/h4-10,12,14-15,19,23,36H,11,13,29H2,1-3H3,(H,30,37)/t15-,19+,23?/m1/s1. The summed E-state index contributed by atoms with van der Waals surface area (Å²) in [6, 6.07) is 7.06. The van der Waals surface area contributed by atoms with Crippen molar-refractivity contribution in [3.63, 3.8) is 0 Å². The number of aliphatic hydroxyl groups is 1. The molecule has 1 saturated heterocycles. The zero-order chi connectivity index (χ0) is 26.4. The summed E-state index contributed by atoms with van der Waals surface area (Å²) in [7, 11) is 0. The predicted molar refractivity (Wildman–Crippen MR) is 140 cm³/mol. The summed E-state index contributed by atoms with van der Waals surface area (Å²) in [5, 5.41) is 23.6. The van der Waals surface area contributed by atoms with Crippen LogP contribution in [0.15, 0.2) is 53.8 Å². The molecule has 9 nitrogen and oxygen atoms in total. The summed E-state index contributed by atoms with van der Waals surface area (Å²) in [4.78, 5) is 15.5. The van der Waals surface area contributed by atoms with Crippen molar-refractivity contribution < 1.29 is 18.7 Å². The molecule has 4 N–H and O–H groups in total. The second-order valence-electron chi connectivity index (χ2n) is 9.77. The molecule has 0 bridgehead atoms. The first-order valence-corrected chi connectivity index (χ1v) is 12.2. The smallest absolute Gasteiger partial charge is 0.276 e. The molecule has 0 aliphatic carbocycles. The Morgan fingerprint density at radius 3 is 2.54 bits per heavy atom. The minimum atomic E-state index is -1.44. The van der Waals surface area contributed by atoms with Crippen molar-refractivity contribution in [3.8, 4) is 0 Å². The van der Waals surface area contributed by atoms with E-state index in [2.05, 4.69) is 27.3 Å². The number of rotatable bonds is 5. The highest BCUT2D eigenvalue weighted by molar-refractivity contribution is 6.47. The first-order chi connectivity index (χ1) is 17.6. The number of anilines is 3. The molecule has 1 unspecified atom stereocenters. The number of para-hydroxylation sites is 1. The van der Waals surface area contributed by atoms with Crippen LogP contribution in [0.5, 0.6) is 0 Å². The third kappa shape index (κ3) is 4.56. The van der Waals surface area contributed by atoms with E-state index in [-0.39, 0.29) is 23.7 Å². The summed E-state index contributed by atoms with van der Waals surface area (Å²) >= 11 is 0. The number of carbonyl (C=O) groups is 1. The molecule has 5 rings (SSSR count). The molecule has 2 aromatic carbocycles. The van der Waals surface area contributed by atoms with Crippen molar-refractivity contribution in [2.24, 2.45) is 16.8 Å². The van der Waals surface area contributed by atoms with Crippen molar-refractivity contribution >= 4 is 39.6 Å². The molecule has 2 aliphatic rings. The van der Waals surface area contributed by atoms with Crippen LogP contribution in [0.3, 0.4) is 0 Å². The maximum atomic E-state index is 14.4. The number of amides is 1. The van der Waals surface area contributed by atoms with E-state index in [0.717, 1.165) is 33.7 Å². The van der Waals surface area contributed by atoms with Gasteiger partial charge in [0.15, 0.2) is 17.9 Å². The van der Waals surface area contributed by atoms with Gasteiger partial charge in [0.25, 0.3) is 5.91 Å². The number of nitrogens with zero attached hydrogens (tertiary/aromatic N) is 5. The second-order valence-corrected chi connectivity index (χ2v) is 9.77. The highest BCUT2D eigenvalue weighted by atomic mass is 19.1. The normalized spacial score (nSPS) is 21.7. The Hall–Kier alpha value is -3.83. The lowest BCUT2D eigenvalue weighted by Gasteiger charge is -2.27. The highest BCUT2D eigenvalue weighted by Crippen LogP contribution is 2.38. The van der Waals surface area contributed by atoms with Gasteiger partial charge in [-0.2, -0.15) is 10.2 Å². The number of aromatic nitrogens is 2. The molecule has 1 aromatic heterocycles. The Kier molecular flexibility index (Phi) is 6.42. The SMILES string of the molecule is CC(C)n1cc2c(N3C[C@@H](C)[C@@H](N)C3)c(NC(=O)C3=NN(c4c(F)cccc4F)C(O)C=C3)ccc2n1. The van der Waals surface area contributed by atoms with Gasteiger partial charge in [-0.15, -0.1) is 0 Å². The molecule has 3 heterocycles. The number of halogens is 2. The fourth-order valence-corrected chi connectivity index (χ4v) is 4.64. The quantitative estimate of drug-likeness (QED) is 0.486. The fourth-order valence-electron chi connectivity index (χ4n) is 4.64. The topological polar surface area (TPSA) is 112 Å². The van der Waals surface area contributed by atoms with Gasteiger partial charge in [-0.25, -0.2) is 13.8 Å². The van der Waals surface area contributed by atoms with Crippen LogP contribution in [0, 0.1) is 17.6 Å². The molecule has 2 aliphatic heterocycles. The fraction of sp³-hybridized carbons (Fsp3) is 0.346. The van der Waals surface area contributed by atoms with Crippen molar-refractivity contribution in [2.75, 3.05) is 28.3 Å². The van der Waals surface area contributed by atoms with Gasteiger partial charge in [0, 0.05) is 36.8 Å². The zero-order valence-electron chi connectivity index (χ0n) is 20.8. The number of carbonyl (C=O) groups excluding carboxylic acids is 1. The maximum Gasteiger partial charge on any atom is 0.276 e. The van der Waals surface area contributed by atoms with E-state index >= 15 is 0 Å². The van der Waals surface area contributed by atoms with Gasteiger partial charge in [-0.3, -0.25) is 9.48 Å². The third-order valence-electron chi connectivity index (χ3n) is 6.73. The van der Waals surface area contributed by atoms with E-state index in [1.807, 2.05) is 30.8 Å². The molecule has 1 amide bonds. The van der Waals surface area contributed by atoms with Crippen LogP contribution in [-0.4, -0.2) is 51.9 Å². The van der Waals surface area contributed by atoms with Gasteiger partial charge in [0.2, 0.25) is 0 Å². The number of nitrogens with one attached hydrogen (secondary N) is 1. The van der Waals surface area contributed by atoms with E-state index in [1.165, 1.54) is 18.2 Å². The van der Waals surface area contributed by atoms with Crippen molar-refractivity contribution in [3.05, 3.63) is 60.3 Å². The van der Waals surface area contributed by atoms with Gasteiger partial charge < -0.3 is 21.1 Å². The van der Waals surface area contributed by atoms with Crippen LogP contribution < -0.4 is 21.0 Å². The van der Waals surface area contributed by atoms with Gasteiger partial charge in [-0.05, 0) is 56.2 Å². The van der Waals surface area contributed by atoms with Crippen LogP contribution in [0.2, 0.25) is 0 Å². The molecule has 1 fully saturated rings. The summed E-state index contributed by atoms with van der Waals surface area (Å²) in [5.41, 5.74) is 7.76. The largest absolute Gasteiger partial charge is 0.368 e. The number of hydrazone groups is 1. The van der Waals surface area contributed by atoms with E-state index in [4.69, 9.17) is 5.73 Å². The molecular weight excluding hydrogens is 480 g/mol. The molecule has 37 heavy (non-hydrogen) atoms. The average Bonchev–Trinajstić information content (AvgIpc) is 3.43. The predicted octanol–water partition coefficient (Wildman–Crippen LogP) is 3.37. The van der Waals surface area contributed by atoms with Gasteiger partial charge in [-0.1, -0.05) is 13.0 Å². The molecule has 11 heteroatoms. The molecule has 0 spiro atoms. The van der Waals surface area contributed by atoms with Crippen LogP contribution >= 0.6 is 0 Å². The molecular formula is C26H29F2N7O2. The summed E-state index contributed by atoms with van der Waals surface area (Å²) < 4.78 is 30.6. The Morgan fingerprint density at radius 1 is 1.16 bits per heavy atom. The summed E-state index contributed by atoms with van der Waals surface area (Å²) in [6.07, 6.45) is 3.07. The number of fused-ring (bicyclic) bond motifs is 1. The minimum Gasteiger partial charge on any atom is -0.368 e. The highest BCUT2D eigenvalue weighted by Gasteiger charge is 2.31. The van der Waals surface area contributed by atoms with E-state index in [0.29, 0.717) is 18.8 Å². The first kappa shape index (κ1) is 24.8.